The summed E-state index contributed by atoms with van der Waals surface area (Å²) < 4.78 is 0. The van der Waals surface area contributed by atoms with E-state index >= 15 is 0 Å². The lowest BCUT2D eigenvalue weighted by molar-refractivity contribution is 0.486. The number of aromatic nitrogens is 4. The topological polar surface area (TPSA) is 92.0 Å². The molecule has 0 atom stereocenters. The Balaban J connectivity index is 1.96. The number of para-hydroxylation sites is 4. The molecule has 6 nitrogen and oxygen atoms in total. The summed E-state index contributed by atoms with van der Waals surface area (Å²) in [5.41, 5.74) is 2.23. The lowest BCUT2D eigenvalue weighted by Gasteiger charge is -2.00. The van der Waals surface area contributed by atoms with E-state index < -0.39 is 0 Å². The zero-order chi connectivity index (χ0) is 25.1. The van der Waals surface area contributed by atoms with Crippen LogP contribution in [0.25, 0.3) is 43.6 Å². The molecule has 0 amide bonds. The molecule has 4 aromatic carbocycles. The summed E-state index contributed by atoms with van der Waals surface area (Å²) in [5.74, 6) is -0.0194. The average Bonchev–Trinajstić information content (AvgIpc) is 2.88. The number of rotatable bonds is 0. The zero-order valence-electron chi connectivity index (χ0n) is 18.7. The second-order valence-corrected chi connectivity index (χ2v) is 8.75. The highest BCUT2D eigenvalue weighted by Gasteiger charge is 2.03. The molecule has 0 radical (unpaired) electrons. The maximum absolute atomic E-state index is 10.9. The molecule has 5 aromatic rings. The first-order valence-electron chi connectivity index (χ1n) is 10.9. The second-order valence-electron chi connectivity index (χ2n) is 7.88. The van der Waals surface area contributed by atoms with E-state index in [0.717, 1.165) is 0 Å². The van der Waals surface area contributed by atoms with E-state index in [0.29, 0.717) is 53.7 Å². The summed E-state index contributed by atoms with van der Waals surface area (Å²) in [6, 6.07) is 20.9. The number of phenolic OH excluding ortho intramolecular Hbond substituents is 2. The fourth-order valence-corrected chi connectivity index (χ4v) is 4.07. The van der Waals surface area contributed by atoms with Gasteiger partial charge in [-0.1, -0.05) is 47.5 Å². The molecular weight excluding hydrogens is 495 g/mol. The summed E-state index contributed by atoms with van der Waals surface area (Å²) in [4.78, 5) is 18.1. The minimum absolute atomic E-state index is 0.00970. The molecule has 2 N–H and O–H groups in total. The standard InChI is InChI=1S/C28H18Cl2N4O2/c29-21-9-17-13-31-23-5-1-2-6-24(23)32-14-18-10-22(30)12-20(28(18)36)16-34-26-8-4-3-7-25(26)33-15-19(11-21)27(17)35/h1-16,35-36H. The molecule has 0 saturated carbocycles. The van der Waals surface area contributed by atoms with Gasteiger partial charge in [0, 0.05) is 56.4 Å². The van der Waals surface area contributed by atoms with E-state index in [1.807, 2.05) is 24.3 Å². The van der Waals surface area contributed by atoms with Gasteiger partial charge in [0.1, 0.15) is 11.5 Å². The van der Waals surface area contributed by atoms with Crippen molar-refractivity contribution >= 4 is 66.8 Å². The first-order chi connectivity index (χ1) is 17.5. The highest BCUT2D eigenvalue weighted by atomic mass is 35.5. The number of hydrogen-bond acceptors (Lipinski definition) is 6. The van der Waals surface area contributed by atoms with E-state index in [1.165, 1.54) is 24.8 Å². The predicted molar refractivity (Wildman–Crippen MR) is 145 cm³/mol. The normalized spacial score (nSPS) is 10.7. The van der Waals surface area contributed by atoms with Gasteiger partial charge in [0.2, 0.25) is 0 Å². The van der Waals surface area contributed by atoms with Gasteiger partial charge in [-0.2, -0.15) is 0 Å². The molecule has 0 spiro atoms. The third-order valence-corrected chi connectivity index (χ3v) is 5.84. The molecule has 1 aromatic heterocycles. The predicted octanol–water partition coefficient (Wildman–Crippen LogP) is 7.41. The van der Waals surface area contributed by atoms with E-state index in [1.54, 1.807) is 48.5 Å². The number of benzene rings is 4. The van der Waals surface area contributed by atoms with Gasteiger partial charge < -0.3 is 10.2 Å². The molecule has 4 bridgehead atoms. The number of phenols is 2. The van der Waals surface area contributed by atoms with Gasteiger partial charge in [-0.3, -0.25) is 19.9 Å². The molecule has 36 heavy (non-hydrogen) atoms. The number of fused-ring (bicyclic) bond motifs is 6. The van der Waals surface area contributed by atoms with E-state index in [4.69, 9.17) is 23.2 Å². The van der Waals surface area contributed by atoms with Gasteiger partial charge in [-0.25, -0.2) is 0 Å². The molecule has 176 valence electrons. The number of aromatic hydroxyl groups is 2. The Kier molecular flexibility index (Phi) is 6.62. The Labute approximate surface area is 215 Å². The zero-order valence-corrected chi connectivity index (χ0v) is 20.2. The third kappa shape index (κ3) is 5.05. The Hall–Kier alpha value is -4.26. The van der Waals surface area contributed by atoms with Gasteiger partial charge in [0.15, 0.2) is 0 Å². The summed E-state index contributed by atoms with van der Waals surface area (Å²) >= 11 is 12.6. The highest BCUT2D eigenvalue weighted by molar-refractivity contribution is 6.32. The van der Waals surface area contributed by atoms with Gasteiger partial charge in [-0.05, 0) is 48.5 Å². The van der Waals surface area contributed by atoms with Crippen molar-refractivity contribution in [1.29, 1.82) is 0 Å². The van der Waals surface area contributed by atoms with Crippen molar-refractivity contribution in [3.8, 4) is 11.5 Å². The van der Waals surface area contributed by atoms with Crippen LogP contribution in [0.4, 0.5) is 0 Å². The molecule has 0 aliphatic carbocycles. The quantitative estimate of drug-likeness (QED) is 0.224. The SMILES string of the molecule is Oc1c2cnc3ccccc3ncc3cc(Cl)cc(cnc4ccccc4ncc1cc(Cl)c2)c3O. The molecular formula is C28H18Cl2N4O2. The van der Waals surface area contributed by atoms with Gasteiger partial charge in [0.25, 0.3) is 0 Å². The van der Waals surface area contributed by atoms with Crippen molar-refractivity contribution < 1.29 is 10.2 Å². The van der Waals surface area contributed by atoms with E-state index in [-0.39, 0.29) is 11.5 Å². The van der Waals surface area contributed by atoms with Crippen molar-refractivity contribution in [2.45, 2.75) is 0 Å². The maximum Gasteiger partial charge on any atom is 0.133 e. The average molecular weight is 513 g/mol. The van der Waals surface area contributed by atoms with Crippen molar-refractivity contribution in [3.63, 3.8) is 0 Å². The molecule has 8 heteroatoms. The molecule has 1 heterocycles. The summed E-state index contributed by atoms with van der Waals surface area (Å²) in [6.45, 7) is 0. The second kappa shape index (κ2) is 10.2. The van der Waals surface area contributed by atoms with Crippen molar-refractivity contribution in [2.75, 3.05) is 0 Å². The van der Waals surface area contributed by atoms with Crippen LogP contribution in [0.15, 0.2) is 97.6 Å². The summed E-state index contributed by atoms with van der Waals surface area (Å²) in [6.07, 6.45) is 6.07. The van der Waals surface area contributed by atoms with Crippen LogP contribution in [0.3, 0.4) is 0 Å². The number of halogens is 2. The van der Waals surface area contributed by atoms with Gasteiger partial charge in [0.05, 0.1) is 22.1 Å². The largest absolute Gasteiger partial charge is 0.507 e. The Morgan fingerprint density at radius 3 is 0.944 bits per heavy atom. The van der Waals surface area contributed by atoms with Crippen LogP contribution in [-0.4, -0.2) is 30.1 Å². The van der Waals surface area contributed by atoms with E-state index in [2.05, 4.69) is 19.9 Å². The number of hydrogen-bond donors (Lipinski definition) is 2. The summed E-state index contributed by atoms with van der Waals surface area (Å²) in [7, 11) is 0. The third-order valence-electron chi connectivity index (χ3n) is 5.40. The Morgan fingerprint density at radius 1 is 0.444 bits per heavy atom. The van der Waals surface area contributed by atoms with Crippen LogP contribution in [0, 0.1) is 0 Å². The van der Waals surface area contributed by atoms with Crippen molar-refractivity contribution in [1.82, 2.24) is 19.9 Å². The summed E-state index contributed by atoms with van der Waals surface area (Å²) in [5, 5.41) is 24.3. The molecule has 0 saturated heterocycles. The number of nitrogens with zero attached hydrogens (tertiary/aromatic N) is 4. The first kappa shape index (κ1) is 23.5. The van der Waals surface area contributed by atoms with Crippen molar-refractivity contribution in [2.24, 2.45) is 0 Å². The molecule has 0 fully saturated rings. The Bertz CT molecular complexity index is 1550. The molecule has 0 unspecified atom stereocenters. The lowest BCUT2D eigenvalue weighted by Crippen LogP contribution is -1.80. The smallest absolute Gasteiger partial charge is 0.133 e. The van der Waals surface area contributed by atoms with Gasteiger partial charge >= 0.3 is 0 Å². The van der Waals surface area contributed by atoms with Crippen LogP contribution >= 0.6 is 23.2 Å². The van der Waals surface area contributed by atoms with Crippen LogP contribution in [0.5, 0.6) is 11.5 Å². The highest BCUT2D eigenvalue weighted by Crippen LogP contribution is 2.29. The van der Waals surface area contributed by atoms with Crippen LogP contribution in [-0.2, 0) is 0 Å². The fourth-order valence-electron chi connectivity index (χ4n) is 3.60. The molecule has 0 aliphatic heterocycles. The fraction of sp³-hybridized carbons (Fsp3) is 0. The monoisotopic (exact) mass is 512 g/mol. The minimum atomic E-state index is -0.00970. The molecule has 5 rings (SSSR count). The van der Waals surface area contributed by atoms with Crippen LogP contribution in [0.2, 0.25) is 10.0 Å². The van der Waals surface area contributed by atoms with Crippen LogP contribution in [0.1, 0.15) is 0 Å². The minimum Gasteiger partial charge on any atom is -0.507 e. The first-order valence-corrected chi connectivity index (χ1v) is 11.6. The lowest BCUT2D eigenvalue weighted by atomic mass is 10.2. The van der Waals surface area contributed by atoms with E-state index in [9.17, 15) is 10.2 Å². The van der Waals surface area contributed by atoms with Crippen molar-refractivity contribution in [3.05, 3.63) is 108 Å². The maximum atomic E-state index is 10.9. The van der Waals surface area contributed by atoms with Crippen LogP contribution < -0.4 is 0 Å². The Morgan fingerprint density at radius 2 is 0.694 bits per heavy atom. The van der Waals surface area contributed by atoms with Gasteiger partial charge in [-0.15, -0.1) is 0 Å². The molecule has 0 aliphatic rings.